The van der Waals surface area contributed by atoms with Crippen molar-refractivity contribution in [3.8, 4) is 5.75 Å². The van der Waals surface area contributed by atoms with Crippen LogP contribution in [0.4, 0.5) is 0 Å². The van der Waals surface area contributed by atoms with E-state index in [2.05, 4.69) is 20.4 Å². The van der Waals surface area contributed by atoms with Crippen molar-refractivity contribution in [1.82, 2.24) is 20.4 Å². The lowest BCUT2D eigenvalue weighted by Gasteiger charge is -2.22. The molecule has 0 unspecified atom stereocenters. The SMILES string of the molecule is CNC(=O)[C@@H]1C[C@@H](N)CN1Cc1[nH]nc2ccc(OC)cc12. The second-order valence-corrected chi connectivity index (χ2v) is 5.64. The Morgan fingerprint density at radius 2 is 2.41 bits per heavy atom. The number of carbonyl (C=O) groups is 1. The number of likely N-dealkylation sites (N-methyl/N-ethyl adjacent to an activating group) is 1. The van der Waals surface area contributed by atoms with Gasteiger partial charge in [-0.15, -0.1) is 0 Å². The minimum atomic E-state index is -0.191. The maximum absolute atomic E-state index is 12.0. The lowest BCUT2D eigenvalue weighted by atomic mass is 10.1. The Labute approximate surface area is 128 Å². The van der Waals surface area contributed by atoms with Crippen LogP contribution in [0.2, 0.25) is 0 Å². The molecule has 1 aromatic heterocycles. The minimum Gasteiger partial charge on any atom is -0.497 e. The van der Waals surface area contributed by atoms with Gasteiger partial charge in [-0.2, -0.15) is 5.10 Å². The molecule has 1 aromatic carbocycles. The number of methoxy groups -OCH3 is 1. The first-order chi connectivity index (χ1) is 10.6. The first-order valence-corrected chi connectivity index (χ1v) is 7.34. The van der Waals surface area contributed by atoms with Gasteiger partial charge in [-0.1, -0.05) is 0 Å². The molecule has 0 aliphatic carbocycles. The van der Waals surface area contributed by atoms with E-state index in [-0.39, 0.29) is 18.0 Å². The average Bonchev–Trinajstić information content (AvgIpc) is 3.10. The summed E-state index contributed by atoms with van der Waals surface area (Å²) in [5.41, 5.74) is 7.88. The lowest BCUT2D eigenvalue weighted by Crippen LogP contribution is -2.41. The van der Waals surface area contributed by atoms with Gasteiger partial charge in [0.1, 0.15) is 5.75 Å². The lowest BCUT2D eigenvalue weighted by molar-refractivity contribution is -0.125. The molecule has 118 valence electrons. The number of fused-ring (bicyclic) bond motifs is 1. The number of likely N-dealkylation sites (tertiary alicyclic amines) is 1. The van der Waals surface area contributed by atoms with Crippen LogP contribution in [0.5, 0.6) is 5.75 Å². The molecule has 1 amide bonds. The molecule has 0 saturated carbocycles. The summed E-state index contributed by atoms with van der Waals surface area (Å²) in [6, 6.07) is 5.58. The van der Waals surface area contributed by atoms with Crippen molar-refractivity contribution < 1.29 is 9.53 Å². The van der Waals surface area contributed by atoms with Gasteiger partial charge in [0.2, 0.25) is 5.91 Å². The van der Waals surface area contributed by atoms with E-state index >= 15 is 0 Å². The Balaban J connectivity index is 1.87. The van der Waals surface area contributed by atoms with Crippen LogP contribution in [-0.2, 0) is 11.3 Å². The van der Waals surface area contributed by atoms with E-state index in [0.717, 1.165) is 22.3 Å². The molecule has 1 aliphatic heterocycles. The predicted octanol–water partition coefficient (Wildman–Crippen LogP) is 0.219. The molecular weight excluding hydrogens is 282 g/mol. The number of carbonyl (C=O) groups excluding carboxylic acids is 1. The van der Waals surface area contributed by atoms with E-state index in [9.17, 15) is 4.79 Å². The van der Waals surface area contributed by atoms with Gasteiger partial charge in [0.05, 0.1) is 24.4 Å². The van der Waals surface area contributed by atoms with Crippen LogP contribution in [-0.4, -0.2) is 53.8 Å². The van der Waals surface area contributed by atoms with Gasteiger partial charge in [-0.25, -0.2) is 0 Å². The fourth-order valence-electron chi connectivity index (χ4n) is 3.05. The van der Waals surface area contributed by atoms with Crippen molar-refractivity contribution in [2.24, 2.45) is 5.73 Å². The van der Waals surface area contributed by atoms with Crippen LogP contribution in [0.1, 0.15) is 12.1 Å². The zero-order chi connectivity index (χ0) is 15.7. The number of aromatic nitrogens is 2. The van der Waals surface area contributed by atoms with Crippen molar-refractivity contribution >= 4 is 16.8 Å². The number of hydrogen-bond donors (Lipinski definition) is 3. The van der Waals surface area contributed by atoms with E-state index in [0.29, 0.717) is 19.5 Å². The summed E-state index contributed by atoms with van der Waals surface area (Å²) in [7, 11) is 3.29. The van der Waals surface area contributed by atoms with Crippen molar-refractivity contribution in [2.45, 2.75) is 25.0 Å². The number of nitrogens with zero attached hydrogens (tertiary/aromatic N) is 2. The molecule has 1 aliphatic rings. The van der Waals surface area contributed by atoms with Crippen LogP contribution in [0, 0.1) is 0 Å². The standard InChI is InChI=1S/C15H21N5O2/c1-17-15(21)14-5-9(16)7-20(14)8-13-11-6-10(22-2)3-4-12(11)18-19-13/h3-4,6,9,14H,5,7-8,16H2,1-2H3,(H,17,21)(H,18,19)/t9-,14+/m1/s1. The summed E-state index contributed by atoms with van der Waals surface area (Å²) < 4.78 is 5.27. The van der Waals surface area contributed by atoms with Crippen molar-refractivity contribution in [3.63, 3.8) is 0 Å². The third kappa shape index (κ3) is 2.65. The second kappa shape index (κ2) is 5.94. The van der Waals surface area contributed by atoms with Gasteiger partial charge >= 0.3 is 0 Å². The Hall–Kier alpha value is -2.12. The van der Waals surface area contributed by atoms with Crippen LogP contribution in [0.25, 0.3) is 10.9 Å². The number of rotatable bonds is 4. The Morgan fingerprint density at radius 3 is 3.14 bits per heavy atom. The van der Waals surface area contributed by atoms with Crippen LogP contribution < -0.4 is 15.8 Å². The van der Waals surface area contributed by atoms with E-state index in [4.69, 9.17) is 10.5 Å². The topological polar surface area (TPSA) is 96.3 Å². The Bertz CT molecular complexity index is 684. The summed E-state index contributed by atoms with van der Waals surface area (Å²) in [6.07, 6.45) is 0.676. The summed E-state index contributed by atoms with van der Waals surface area (Å²) in [5, 5.41) is 11.1. The Morgan fingerprint density at radius 1 is 1.59 bits per heavy atom. The van der Waals surface area contributed by atoms with Gasteiger partial charge < -0.3 is 15.8 Å². The fraction of sp³-hybridized carbons (Fsp3) is 0.467. The molecule has 3 rings (SSSR count). The molecule has 7 nitrogen and oxygen atoms in total. The molecule has 4 N–H and O–H groups in total. The highest BCUT2D eigenvalue weighted by Crippen LogP contribution is 2.25. The molecule has 0 bridgehead atoms. The Kier molecular flexibility index (Phi) is 4.00. The third-order valence-electron chi connectivity index (χ3n) is 4.19. The smallest absolute Gasteiger partial charge is 0.237 e. The zero-order valence-electron chi connectivity index (χ0n) is 12.8. The van der Waals surface area contributed by atoms with Crippen molar-refractivity contribution in [2.75, 3.05) is 20.7 Å². The van der Waals surface area contributed by atoms with E-state index in [1.54, 1.807) is 14.2 Å². The highest BCUT2D eigenvalue weighted by atomic mass is 16.5. The summed E-state index contributed by atoms with van der Waals surface area (Å²) in [5.74, 6) is 0.797. The van der Waals surface area contributed by atoms with Crippen molar-refractivity contribution in [3.05, 3.63) is 23.9 Å². The molecule has 2 heterocycles. The molecule has 2 atom stereocenters. The normalized spacial score (nSPS) is 22.1. The maximum Gasteiger partial charge on any atom is 0.237 e. The highest BCUT2D eigenvalue weighted by molar-refractivity contribution is 5.83. The largest absolute Gasteiger partial charge is 0.497 e. The summed E-state index contributed by atoms with van der Waals surface area (Å²) >= 11 is 0. The molecule has 2 aromatic rings. The number of nitrogens with two attached hydrogens (primary N) is 1. The molecule has 7 heteroatoms. The van der Waals surface area contributed by atoms with E-state index in [1.165, 1.54) is 0 Å². The molecule has 0 spiro atoms. The second-order valence-electron chi connectivity index (χ2n) is 5.64. The van der Waals surface area contributed by atoms with Crippen LogP contribution >= 0.6 is 0 Å². The molecule has 1 saturated heterocycles. The third-order valence-corrected chi connectivity index (χ3v) is 4.19. The molecule has 22 heavy (non-hydrogen) atoms. The molecular formula is C15H21N5O2. The monoisotopic (exact) mass is 303 g/mol. The fourth-order valence-corrected chi connectivity index (χ4v) is 3.05. The number of benzene rings is 1. The first-order valence-electron chi connectivity index (χ1n) is 7.34. The van der Waals surface area contributed by atoms with E-state index < -0.39 is 0 Å². The summed E-state index contributed by atoms with van der Waals surface area (Å²) in [4.78, 5) is 14.1. The van der Waals surface area contributed by atoms with Crippen LogP contribution in [0.3, 0.4) is 0 Å². The number of H-pyrrole nitrogens is 1. The van der Waals surface area contributed by atoms with Gasteiger partial charge in [0.25, 0.3) is 0 Å². The quantitative estimate of drug-likeness (QED) is 0.751. The number of nitrogens with one attached hydrogen (secondary N) is 2. The minimum absolute atomic E-state index is 0.00866. The molecule has 0 radical (unpaired) electrons. The van der Waals surface area contributed by atoms with Gasteiger partial charge in [0.15, 0.2) is 0 Å². The first kappa shape index (κ1) is 14.8. The number of aromatic amines is 1. The number of amides is 1. The number of hydrogen-bond acceptors (Lipinski definition) is 5. The number of ether oxygens (including phenoxy) is 1. The highest BCUT2D eigenvalue weighted by Gasteiger charge is 2.35. The predicted molar refractivity (Wildman–Crippen MR) is 83.5 cm³/mol. The maximum atomic E-state index is 12.0. The van der Waals surface area contributed by atoms with E-state index in [1.807, 2.05) is 18.2 Å². The zero-order valence-corrected chi connectivity index (χ0v) is 12.8. The van der Waals surface area contributed by atoms with Gasteiger partial charge in [-0.05, 0) is 24.6 Å². The van der Waals surface area contributed by atoms with Crippen molar-refractivity contribution in [1.29, 1.82) is 0 Å². The van der Waals surface area contributed by atoms with Gasteiger partial charge in [0, 0.05) is 31.6 Å². The average molecular weight is 303 g/mol. The van der Waals surface area contributed by atoms with Crippen LogP contribution in [0.15, 0.2) is 18.2 Å². The molecule has 1 fully saturated rings. The summed E-state index contributed by atoms with van der Waals surface area (Å²) in [6.45, 7) is 1.30. The van der Waals surface area contributed by atoms with Gasteiger partial charge in [-0.3, -0.25) is 14.8 Å².